The summed E-state index contributed by atoms with van der Waals surface area (Å²) >= 11 is 12.8. The number of anilines is 1. The van der Waals surface area contributed by atoms with Gasteiger partial charge in [0.15, 0.2) is 15.0 Å². The average Bonchev–Trinajstić information content (AvgIpc) is 2.97. The summed E-state index contributed by atoms with van der Waals surface area (Å²) in [6.07, 6.45) is 1.11. The highest BCUT2D eigenvalue weighted by Crippen LogP contribution is 2.28. The molecule has 3 amide bonds. The summed E-state index contributed by atoms with van der Waals surface area (Å²) in [7, 11) is -3.35. The predicted molar refractivity (Wildman–Crippen MR) is 106 cm³/mol. The lowest BCUT2D eigenvalue weighted by atomic mass is 10.2. The van der Waals surface area contributed by atoms with Crippen LogP contribution in [0.5, 0.6) is 0 Å². The third kappa shape index (κ3) is 4.56. The molecule has 3 rings (SSSR count). The van der Waals surface area contributed by atoms with Gasteiger partial charge in [0.05, 0.1) is 25.7 Å². The number of benzene rings is 2. The van der Waals surface area contributed by atoms with Gasteiger partial charge >= 0.3 is 6.03 Å². The standard InChI is InChI=1S/C16H11Cl2N3O4S2/c1-27(24,25)9-3-5-12-13(7-9)26-16(19-12)21-15(23)20-14(22)10-6-8(17)2-4-11(10)18/h2-7H,1H3,(H2,19,20,21,22,23). The minimum atomic E-state index is -3.35. The molecule has 2 aromatic carbocycles. The van der Waals surface area contributed by atoms with Gasteiger partial charge in [-0.05, 0) is 36.4 Å². The van der Waals surface area contributed by atoms with Crippen LogP contribution in [0.1, 0.15) is 10.4 Å². The second-order valence-corrected chi connectivity index (χ2v) is 9.34. The molecular formula is C16H11Cl2N3O4S2. The van der Waals surface area contributed by atoms with Gasteiger partial charge < -0.3 is 0 Å². The lowest BCUT2D eigenvalue weighted by Crippen LogP contribution is -2.34. The summed E-state index contributed by atoms with van der Waals surface area (Å²) < 4.78 is 23.8. The van der Waals surface area contributed by atoms with Crippen molar-refractivity contribution in [1.29, 1.82) is 0 Å². The number of hydrogen-bond acceptors (Lipinski definition) is 6. The number of nitrogens with one attached hydrogen (secondary N) is 2. The first-order valence-electron chi connectivity index (χ1n) is 7.31. The number of thiazole rings is 1. The monoisotopic (exact) mass is 443 g/mol. The number of hydrogen-bond donors (Lipinski definition) is 2. The quantitative estimate of drug-likeness (QED) is 0.636. The van der Waals surface area contributed by atoms with Crippen molar-refractivity contribution >= 4 is 71.7 Å². The van der Waals surface area contributed by atoms with Gasteiger partial charge in [0, 0.05) is 11.3 Å². The van der Waals surface area contributed by atoms with Gasteiger partial charge in [-0.15, -0.1) is 0 Å². The number of rotatable bonds is 3. The number of fused-ring (bicyclic) bond motifs is 1. The van der Waals surface area contributed by atoms with E-state index in [1.54, 1.807) is 6.07 Å². The van der Waals surface area contributed by atoms with Gasteiger partial charge in [0.1, 0.15) is 0 Å². The fraction of sp³-hybridized carbons (Fsp3) is 0.0625. The molecule has 11 heteroatoms. The Morgan fingerprint density at radius 2 is 1.85 bits per heavy atom. The molecule has 3 aromatic rings. The molecule has 0 saturated heterocycles. The SMILES string of the molecule is CS(=O)(=O)c1ccc2nc(NC(=O)NC(=O)c3cc(Cl)ccc3Cl)sc2c1. The lowest BCUT2D eigenvalue weighted by Gasteiger charge is -2.06. The van der Waals surface area contributed by atoms with Crippen LogP contribution in [0.4, 0.5) is 9.93 Å². The Labute approximate surface area is 168 Å². The van der Waals surface area contributed by atoms with Crippen molar-refractivity contribution in [2.45, 2.75) is 4.90 Å². The molecular weight excluding hydrogens is 433 g/mol. The third-order valence-corrected chi connectivity index (χ3v) is 6.02. The topological polar surface area (TPSA) is 105 Å². The second-order valence-electron chi connectivity index (χ2n) is 5.45. The molecule has 0 bridgehead atoms. The van der Waals surface area contributed by atoms with E-state index in [0.29, 0.717) is 15.2 Å². The zero-order valence-corrected chi connectivity index (χ0v) is 16.8. The van der Waals surface area contributed by atoms with Crippen LogP contribution in [0, 0.1) is 0 Å². The normalized spacial score (nSPS) is 11.4. The number of imide groups is 1. The molecule has 2 N–H and O–H groups in total. The van der Waals surface area contributed by atoms with E-state index < -0.39 is 21.8 Å². The predicted octanol–water partition coefficient (Wildman–Crippen LogP) is 3.97. The van der Waals surface area contributed by atoms with Crippen LogP contribution in [0.2, 0.25) is 10.0 Å². The Morgan fingerprint density at radius 1 is 1.11 bits per heavy atom. The first-order valence-corrected chi connectivity index (χ1v) is 10.8. The van der Waals surface area contributed by atoms with Crippen molar-refractivity contribution < 1.29 is 18.0 Å². The fourth-order valence-corrected chi connectivity index (χ4v) is 4.16. The Morgan fingerprint density at radius 3 is 2.56 bits per heavy atom. The van der Waals surface area contributed by atoms with E-state index in [1.807, 2.05) is 0 Å². The van der Waals surface area contributed by atoms with Crippen LogP contribution in [0.15, 0.2) is 41.3 Å². The summed E-state index contributed by atoms with van der Waals surface area (Å²) in [4.78, 5) is 28.5. The molecule has 0 aliphatic rings. The van der Waals surface area contributed by atoms with E-state index in [1.165, 1.54) is 30.3 Å². The van der Waals surface area contributed by atoms with E-state index in [-0.39, 0.29) is 20.6 Å². The maximum absolute atomic E-state index is 12.1. The summed E-state index contributed by atoms with van der Waals surface area (Å²) in [5, 5.41) is 5.23. The molecule has 0 spiro atoms. The van der Waals surface area contributed by atoms with Gasteiger partial charge in [-0.2, -0.15) is 0 Å². The number of carbonyl (C=O) groups is 2. The largest absolute Gasteiger partial charge is 0.327 e. The molecule has 1 heterocycles. The number of amides is 3. The molecule has 0 atom stereocenters. The summed E-state index contributed by atoms with van der Waals surface area (Å²) in [5.74, 6) is -0.722. The smallest absolute Gasteiger partial charge is 0.283 e. The van der Waals surface area contributed by atoms with Crippen LogP contribution >= 0.6 is 34.5 Å². The van der Waals surface area contributed by atoms with Crippen molar-refractivity contribution in [3.8, 4) is 0 Å². The van der Waals surface area contributed by atoms with E-state index >= 15 is 0 Å². The van der Waals surface area contributed by atoms with Crippen LogP contribution < -0.4 is 10.6 Å². The van der Waals surface area contributed by atoms with Crippen molar-refractivity contribution in [3.05, 3.63) is 52.0 Å². The first kappa shape index (κ1) is 19.6. The van der Waals surface area contributed by atoms with Gasteiger partial charge in [0.25, 0.3) is 5.91 Å². The fourth-order valence-electron chi connectivity index (χ4n) is 2.16. The van der Waals surface area contributed by atoms with Crippen LogP contribution in [0.3, 0.4) is 0 Å². The van der Waals surface area contributed by atoms with E-state index in [0.717, 1.165) is 17.6 Å². The highest BCUT2D eigenvalue weighted by atomic mass is 35.5. The molecule has 0 fully saturated rings. The number of urea groups is 1. The highest BCUT2D eigenvalue weighted by molar-refractivity contribution is 7.90. The first-order chi connectivity index (χ1) is 12.6. The summed E-state index contributed by atoms with van der Waals surface area (Å²) in [5.41, 5.74) is 0.577. The third-order valence-electron chi connectivity index (χ3n) is 3.41. The van der Waals surface area contributed by atoms with Crippen molar-refractivity contribution in [1.82, 2.24) is 10.3 Å². The van der Waals surface area contributed by atoms with Crippen molar-refractivity contribution in [2.75, 3.05) is 11.6 Å². The molecule has 7 nitrogen and oxygen atoms in total. The molecule has 0 radical (unpaired) electrons. The Bertz CT molecular complexity index is 1180. The molecule has 0 saturated carbocycles. The zero-order chi connectivity index (χ0) is 19.8. The number of sulfone groups is 1. The number of carbonyl (C=O) groups excluding carboxylic acids is 2. The van der Waals surface area contributed by atoms with Crippen molar-refractivity contribution in [2.24, 2.45) is 0 Å². The maximum atomic E-state index is 12.1. The summed E-state index contributed by atoms with van der Waals surface area (Å²) in [6.45, 7) is 0. The zero-order valence-electron chi connectivity index (χ0n) is 13.6. The lowest BCUT2D eigenvalue weighted by molar-refractivity contribution is 0.0967. The average molecular weight is 444 g/mol. The summed E-state index contributed by atoms with van der Waals surface area (Å²) in [6, 6.07) is 7.96. The number of aromatic nitrogens is 1. The van der Waals surface area contributed by atoms with Crippen LogP contribution in [-0.2, 0) is 9.84 Å². The van der Waals surface area contributed by atoms with Crippen LogP contribution in [-0.4, -0.2) is 31.6 Å². The van der Waals surface area contributed by atoms with Gasteiger partial charge in [-0.25, -0.2) is 18.2 Å². The van der Waals surface area contributed by atoms with Crippen molar-refractivity contribution in [3.63, 3.8) is 0 Å². The van der Waals surface area contributed by atoms with E-state index in [4.69, 9.17) is 23.2 Å². The maximum Gasteiger partial charge on any atom is 0.327 e. The molecule has 0 aliphatic carbocycles. The second kappa shape index (κ2) is 7.43. The minimum Gasteiger partial charge on any atom is -0.283 e. The molecule has 0 aliphatic heterocycles. The van der Waals surface area contributed by atoms with Gasteiger partial charge in [-0.1, -0.05) is 34.5 Å². The molecule has 0 unspecified atom stereocenters. The van der Waals surface area contributed by atoms with Gasteiger partial charge in [-0.3, -0.25) is 15.4 Å². The molecule has 1 aromatic heterocycles. The Balaban J connectivity index is 1.76. The minimum absolute atomic E-state index is 0.0569. The number of nitrogens with zero attached hydrogens (tertiary/aromatic N) is 1. The van der Waals surface area contributed by atoms with E-state index in [9.17, 15) is 18.0 Å². The Kier molecular flexibility index (Phi) is 5.38. The highest BCUT2D eigenvalue weighted by Gasteiger charge is 2.16. The van der Waals surface area contributed by atoms with Gasteiger partial charge in [0.2, 0.25) is 0 Å². The number of halogens is 2. The van der Waals surface area contributed by atoms with E-state index in [2.05, 4.69) is 15.6 Å². The molecule has 27 heavy (non-hydrogen) atoms. The van der Waals surface area contributed by atoms with Crippen LogP contribution in [0.25, 0.3) is 10.2 Å². The Hall–Kier alpha value is -2.20. The molecule has 140 valence electrons.